The summed E-state index contributed by atoms with van der Waals surface area (Å²) >= 11 is 6.54. The molecule has 0 saturated heterocycles. The van der Waals surface area contributed by atoms with Gasteiger partial charge in [-0.2, -0.15) is 25.5 Å². The van der Waals surface area contributed by atoms with Gasteiger partial charge in [-0.15, -0.1) is 0 Å². The lowest BCUT2D eigenvalue weighted by Crippen LogP contribution is -2.44. The van der Waals surface area contributed by atoms with Crippen molar-refractivity contribution in [3.8, 4) is 0 Å². The van der Waals surface area contributed by atoms with Gasteiger partial charge in [-0.1, -0.05) is 217 Å². The summed E-state index contributed by atoms with van der Waals surface area (Å²) in [5.41, 5.74) is 33.2. The number of halogens is 10. The molecule has 21 nitrogen and oxygen atoms in total. The Balaban J connectivity index is 0.000000158. The maximum Gasteiger partial charge on any atom is 0.273 e. The molecule has 36 heteroatoms. The molecule has 1 saturated carbocycles. The molecule has 754 valence electrons. The second kappa shape index (κ2) is 46.1. The third kappa shape index (κ3) is 21.6. The zero-order valence-electron chi connectivity index (χ0n) is 74.7. The number of unbranched alkanes of at least 4 members (excludes halogenated alkanes) is 1. The van der Waals surface area contributed by atoms with E-state index in [1.165, 1.54) is 86.0 Å². The lowest BCUT2D eigenvalue weighted by Gasteiger charge is -2.34. The lowest BCUT2D eigenvalue weighted by molar-refractivity contribution is -0.144. The molecule has 0 radical (unpaired) electrons. The molecule has 8 unspecified atom stereocenters. The molecular formula is C107H114F10N14O7S5. The van der Waals surface area contributed by atoms with Crippen molar-refractivity contribution < 1.29 is 77.4 Å². The molecule has 10 aromatic carbocycles. The van der Waals surface area contributed by atoms with Crippen molar-refractivity contribution in [1.29, 1.82) is 0 Å². The van der Waals surface area contributed by atoms with Gasteiger partial charge in [0.1, 0.15) is 114 Å². The van der Waals surface area contributed by atoms with Crippen molar-refractivity contribution in [2.24, 2.45) is 54.4 Å². The summed E-state index contributed by atoms with van der Waals surface area (Å²) in [4.78, 5) is 72.4. The van der Waals surface area contributed by atoms with Gasteiger partial charge in [0.15, 0.2) is 0 Å². The highest BCUT2D eigenvalue weighted by Gasteiger charge is 2.59. The van der Waals surface area contributed by atoms with Crippen LogP contribution in [0, 0.1) is 64.1 Å². The third-order valence-corrected chi connectivity index (χ3v) is 33.2. The smallest absolute Gasteiger partial charge is 0.273 e. The number of fused-ring (bicyclic) bond motifs is 10. The number of carbonyl (C=O) groups excluding carboxylic acids is 6. The van der Waals surface area contributed by atoms with E-state index in [1.54, 1.807) is 11.9 Å². The Bertz CT molecular complexity index is 6660. The van der Waals surface area contributed by atoms with Crippen molar-refractivity contribution >= 4 is 119 Å². The Morgan fingerprint density at radius 3 is 0.916 bits per heavy atom. The van der Waals surface area contributed by atoms with Gasteiger partial charge in [0.25, 0.3) is 5.91 Å². The molecular weight excluding hydrogens is 1940 g/mol. The molecule has 0 bridgehead atoms. The van der Waals surface area contributed by atoms with Gasteiger partial charge in [0, 0.05) is 79.1 Å². The molecule has 1 fully saturated rings. The number of nitrogens with zero attached hydrogens (tertiary/aromatic N) is 10. The normalized spacial score (nSPS) is 21.7. The quantitative estimate of drug-likeness (QED) is 0.0487. The first kappa shape index (κ1) is 110. The van der Waals surface area contributed by atoms with Crippen molar-refractivity contribution in [1.82, 2.24) is 25.0 Å². The van der Waals surface area contributed by atoms with Crippen molar-refractivity contribution in [3.05, 3.63) is 354 Å². The van der Waals surface area contributed by atoms with Crippen LogP contribution in [-0.2, 0) is 90.0 Å². The summed E-state index contributed by atoms with van der Waals surface area (Å²) in [5.74, 6) is -7.46. The fourth-order valence-electron chi connectivity index (χ4n) is 19.3. The topological polar surface area (TPSA) is 294 Å². The van der Waals surface area contributed by atoms with E-state index in [0.29, 0.717) is 78.1 Å². The summed E-state index contributed by atoms with van der Waals surface area (Å²) in [7, 11) is 1.46. The molecule has 5 heterocycles. The molecule has 0 aromatic heterocycles. The molecule has 5 aliphatic heterocycles. The molecule has 8 atom stereocenters. The summed E-state index contributed by atoms with van der Waals surface area (Å²) in [6.45, 7) is 2.38. The number of thioether (sulfide) groups is 5. The first-order valence-electron chi connectivity index (χ1n) is 45.2. The molecule has 10 aromatic rings. The molecule has 143 heavy (non-hydrogen) atoms. The predicted molar refractivity (Wildman–Crippen MR) is 549 cm³/mol. The summed E-state index contributed by atoms with van der Waals surface area (Å²) in [6.07, 6.45) is 10.4. The number of benzene rings is 10. The van der Waals surface area contributed by atoms with E-state index in [9.17, 15) is 72.7 Å². The molecule has 6 aliphatic carbocycles. The van der Waals surface area contributed by atoms with Gasteiger partial charge in [-0.05, 0) is 256 Å². The number of nitrogens with two attached hydrogens (primary N) is 4. The maximum absolute atomic E-state index is 14.5. The van der Waals surface area contributed by atoms with Crippen LogP contribution >= 0.6 is 58.8 Å². The highest BCUT2D eigenvalue weighted by Crippen LogP contribution is 2.61. The summed E-state index contributed by atoms with van der Waals surface area (Å²) < 4.78 is 146. The fourth-order valence-corrected chi connectivity index (χ4v) is 26.5. The number of aryl methyl sites for hydroxylation is 5. The Labute approximate surface area is 847 Å². The molecule has 6 amide bonds. The standard InChI is InChI=1S/C22H21F2N3OS.C21H21F2N3OS.C20H17F2N3O2S.C20H18F2N2O2S.C19H17F2N3OS.5CH4/c23-15-6-8-19(24)17(12-15)20-26-27(21(28)14-5-7-16(25)11-14)22(29-20)10-9-13-3-1-2-4-18(13)22;22-15-8-9-18(23)16(13-15)20-25-26(19(27)7-3-4-12-24)21(28-20)11-10-14-5-1-2-6-17(14)21;21-13-5-6-16(22)14(11-13)19-24-25(18(27)8-7-17(23)26)20(28-19)10-9-12-3-1-2-4-15(12)20;1-12(26-2)19(25)24-20(10-9-13-5-3-4-6-16(13)20)27-18(23-24)15-11-14(21)7-8-17(15)22;20-13-5-6-16(21)14(11-13)18-23-24(17(25)8-10-22)19(26-18)9-7-12-3-1-2-4-15(12)19;;;;;/h1-4,6,8,12,14,16H,5,7,9-11,25H2;1-2,5-6,8-9,13H,3-4,7,10-12,24H2;1-6,11H,7-10H2,(H2,23,26);3-8,11-12H,9-10H2,1-2H3;1-6,11H,7-10,22H2;5*1H4. The number of rotatable bonds is 17. The Morgan fingerprint density at radius 2 is 0.636 bits per heavy atom. The van der Waals surface area contributed by atoms with E-state index in [4.69, 9.17) is 27.7 Å². The largest absolute Gasteiger partial charge is 0.372 e. The lowest BCUT2D eigenvalue weighted by atomic mass is 10.0. The van der Waals surface area contributed by atoms with Crippen LogP contribution in [-0.4, -0.2) is 118 Å². The van der Waals surface area contributed by atoms with E-state index in [0.717, 1.165) is 198 Å². The van der Waals surface area contributed by atoms with Crippen LogP contribution in [0.15, 0.2) is 238 Å². The van der Waals surface area contributed by atoms with E-state index in [1.807, 2.05) is 115 Å². The van der Waals surface area contributed by atoms with Gasteiger partial charge in [-0.25, -0.2) is 68.9 Å². The highest BCUT2D eigenvalue weighted by atomic mass is 32.2. The molecule has 8 N–H and O–H groups in total. The van der Waals surface area contributed by atoms with Crippen LogP contribution < -0.4 is 22.9 Å². The minimum absolute atomic E-state index is 0. The molecule has 21 rings (SSSR count). The Hall–Kier alpha value is -11.7. The van der Waals surface area contributed by atoms with E-state index >= 15 is 0 Å². The Kier molecular flexibility index (Phi) is 35.5. The van der Waals surface area contributed by atoms with Gasteiger partial charge < -0.3 is 27.7 Å². The average molecular weight is 2060 g/mol. The number of amides is 6. The van der Waals surface area contributed by atoms with Crippen LogP contribution in [0.5, 0.6) is 0 Å². The minimum Gasteiger partial charge on any atom is -0.372 e. The second-order valence-corrected chi connectivity index (χ2v) is 41.0. The van der Waals surface area contributed by atoms with Crippen molar-refractivity contribution in [2.45, 2.75) is 203 Å². The van der Waals surface area contributed by atoms with Crippen molar-refractivity contribution in [2.75, 3.05) is 20.2 Å². The number of ether oxygens (including phenoxy) is 1. The summed E-state index contributed by atoms with van der Waals surface area (Å²) in [5, 5.41) is 31.0. The monoisotopic (exact) mass is 2060 g/mol. The van der Waals surface area contributed by atoms with E-state index < -0.39 is 94.5 Å². The van der Waals surface area contributed by atoms with Gasteiger partial charge in [0.2, 0.25) is 29.5 Å². The molecule has 11 aliphatic rings. The zero-order chi connectivity index (χ0) is 97.3. The first-order valence-corrected chi connectivity index (χ1v) is 49.2. The van der Waals surface area contributed by atoms with Crippen LogP contribution in [0.25, 0.3) is 0 Å². The zero-order valence-corrected chi connectivity index (χ0v) is 78.8. The third-order valence-electron chi connectivity index (χ3n) is 26.1. The van der Waals surface area contributed by atoms with E-state index in [2.05, 4.69) is 31.6 Å². The number of methoxy groups -OCH3 is 1. The van der Waals surface area contributed by atoms with Gasteiger partial charge in [0.05, 0.1) is 0 Å². The number of hydrogen-bond acceptors (Lipinski definition) is 20. The minimum atomic E-state index is -0.834. The number of carbonyl (C=O) groups is 6. The number of primary amides is 1. The van der Waals surface area contributed by atoms with E-state index in [-0.39, 0.29) is 137 Å². The maximum atomic E-state index is 14.5. The number of hydrazone groups is 5. The highest BCUT2D eigenvalue weighted by molar-refractivity contribution is 8.16. The number of hydrogen-bond donors (Lipinski definition) is 4. The second-order valence-electron chi connectivity index (χ2n) is 34.7. The van der Waals surface area contributed by atoms with Gasteiger partial charge >= 0.3 is 0 Å². The van der Waals surface area contributed by atoms with Crippen LogP contribution in [0.2, 0.25) is 0 Å². The van der Waals surface area contributed by atoms with Crippen LogP contribution in [0.3, 0.4) is 0 Å². The molecule has 5 spiro atoms. The van der Waals surface area contributed by atoms with Crippen LogP contribution in [0.1, 0.15) is 217 Å². The van der Waals surface area contributed by atoms with Crippen molar-refractivity contribution in [3.63, 3.8) is 0 Å². The SMILES string of the molecule is C.C.C.C.C.COC(C)C(=O)N1N=C(c2cc(F)ccc2F)SC12CCc1ccccc12.NC(=O)CCC(=O)N1N=C(c2cc(F)ccc2F)SC12CCc1ccccc12.NC1CCC(C(=O)N2N=C(c3cc(F)ccc3F)SC23CCc2ccccc23)C1.NCCC(=O)N1N=C(c2cc(F)ccc2F)SC12CCc1ccccc12.NCCCCC(=O)N1N=C(c2cc(F)ccc2F)SC12CCc1ccccc12. The van der Waals surface area contributed by atoms with Gasteiger partial charge in [-0.3, -0.25) is 28.8 Å². The fraction of sp³-hybridized carbons (Fsp3) is 0.336. The van der Waals surface area contributed by atoms with Crippen LogP contribution in [0.4, 0.5) is 43.9 Å². The predicted octanol–water partition coefficient (Wildman–Crippen LogP) is 22.1. The summed E-state index contributed by atoms with van der Waals surface area (Å²) in [6, 6.07) is 55.7. The first-order chi connectivity index (χ1) is 66.4. The Morgan fingerprint density at radius 1 is 0.364 bits per heavy atom. The average Bonchev–Trinajstić information content (AvgIpc) is 1.61.